The Labute approximate surface area is 128 Å². The van der Waals surface area contributed by atoms with E-state index in [9.17, 15) is 9.90 Å². The van der Waals surface area contributed by atoms with Gasteiger partial charge in [-0.25, -0.2) is 0 Å². The summed E-state index contributed by atoms with van der Waals surface area (Å²) in [6.07, 6.45) is -0.352. The van der Waals surface area contributed by atoms with Crippen LogP contribution in [0.4, 0.5) is 0 Å². The van der Waals surface area contributed by atoms with Crippen molar-refractivity contribution in [2.75, 3.05) is 19.8 Å². The molecule has 0 radical (unpaired) electrons. The molecule has 2 N–H and O–H groups in total. The van der Waals surface area contributed by atoms with Gasteiger partial charge in [0.05, 0.1) is 19.1 Å². The highest BCUT2D eigenvalue weighted by Gasteiger charge is 2.08. The Morgan fingerprint density at radius 2 is 1.95 bits per heavy atom. The molecule has 1 aromatic carbocycles. The van der Waals surface area contributed by atoms with Crippen LogP contribution in [0, 0.1) is 5.92 Å². The van der Waals surface area contributed by atoms with Crippen molar-refractivity contribution >= 4 is 21.8 Å². The van der Waals surface area contributed by atoms with Gasteiger partial charge in [0, 0.05) is 17.6 Å². The van der Waals surface area contributed by atoms with Crippen LogP contribution in [0.5, 0.6) is 0 Å². The molecular formula is C15H22BrNO3. The first-order valence-corrected chi connectivity index (χ1v) is 7.53. The summed E-state index contributed by atoms with van der Waals surface area (Å²) in [5, 5.41) is 12.4. The number of carbonyl (C=O) groups is 1. The average molecular weight is 344 g/mol. The molecule has 0 aliphatic carbocycles. The fourth-order valence-corrected chi connectivity index (χ4v) is 1.84. The highest BCUT2D eigenvalue weighted by Crippen LogP contribution is 2.10. The molecule has 20 heavy (non-hydrogen) atoms. The van der Waals surface area contributed by atoms with E-state index in [1.165, 1.54) is 0 Å². The zero-order valence-electron chi connectivity index (χ0n) is 11.9. The highest BCUT2D eigenvalue weighted by atomic mass is 79.9. The van der Waals surface area contributed by atoms with Crippen molar-refractivity contribution in [3.63, 3.8) is 0 Å². The van der Waals surface area contributed by atoms with Gasteiger partial charge in [0.25, 0.3) is 0 Å². The molecule has 0 bridgehead atoms. The molecule has 1 aromatic rings. The molecule has 1 amide bonds. The van der Waals surface area contributed by atoms with Gasteiger partial charge < -0.3 is 15.2 Å². The summed E-state index contributed by atoms with van der Waals surface area (Å²) >= 11 is 3.35. The quantitative estimate of drug-likeness (QED) is 0.760. The SMILES string of the molecule is CC(C)COCC(O)CNC(=O)Cc1ccc(Br)cc1. The molecule has 0 fully saturated rings. The molecule has 1 atom stereocenters. The van der Waals surface area contributed by atoms with Gasteiger partial charge in [-0.05, 0) is 23.6 Å². The first-order valence-electron chi connectivity index (χ1n) is 6.74. The van der Waals surface area contributed by atoms with E-state index in [1.54, 1.807) is 0 Å². The molecule has 0 saturated carbocycles. The molecule has 0 aromatic heterocycles. The molecular weight excluding hydrogens is 322 g/mol. The third kappa shape index (κ3) is 7.62. The van der Waals surface area contributed by atoms with Crippen LogP contribution in [0.3, 0.4) is 0 Å². The van der Waals surface area contributed by atoms with Crippen molar-refractivity contribution in [1.82, 2.24) is 5.32 Å². The number of aliphatic hydroxyl groups excluding tert-OH is 1. The van der Waals surface area contributed by atoms with E-state index in [1.807, 2.05) is 38.1 Å². The summed E-state index contributed by atoms with van der Waals surface area (Å²) < 4.78 is 6.30. The first kappa shape index (κ1) is 17.1. The van der Waals surface area contributed by atoms with Crippen LogP contribution in [0.15, 0.2) is 28.7 Å². The number of nitrogens with one attached hydrogen (secondary N) is 1. The van der Waals surface area contributed by atoms with Gasteiger partial charge in [-0.1, -0.05) is 41.9 Å². The van der Waals surface area contributed by atoms with Crippen LogP contribution in [0.25, 0.3) is 0 Å². The Kier molecular flexibility index (Phi) is 7.80. The van der Waals surface area contributed by atoms with Gasteiger partial charge in [0.2, 0.25) is 5.91 Å². The van der Waals surface area contributed by atoms with Crippen LogP contribution < -0.4 is 5.32 Å². The maximum absolute atomic E-state index is 11.7. The second kappa shape index (κ2) is 9.10. The van der Waals surface area contributed by atoms with E-state index in [0.29, 0.717) is 18.9 Å². The van der Waals surface area contributed by atoms with Crippen molar-refractivity contribution in [1.29, 1.82) is 0 Å². The van der Waals surface area contributed by atoms with E-state index in [2.05, 4.69) is 21.2 Å². The lowest BCUT2D eigenvalue weighted by Gasteiger charge is -2.13. The molecule has 0 aliphatic rings. The largest absolute Gasteiger partial charge is 0.389 e. The third-order valence-corrected chi connectivity index (χ3v) is 3.10. The Bertz CT molecular complexity index is 406. The molecule has 0 saturated heterocycles. The Hall–Kier alpha value is -0.910. The van der Waals surface area contributed by atoms with E-state index in [-0.39, 0.29) is 19.1 Å². The number of benzene rings is 1. The topological polar surface area (TPSA) is 58.6 Å². The van der Waals surface area contributed by atoms with Crippen molar-refractivity contribution in [3.8, 4) is 0 Å². The highest BCUT2D eigenvalue weighted by molar-refractivity contribution is 9.10. The molecule has 0 aliphatic heterocycles. The zero-order valence-corrected chi connectivity index (χ0v) is 13.5. The maximum Gasteiger partial charge on any atom is 0.224 e. The van der Waals surface area contributed by atoms with Gasteiger partial charge in [0.15, 0.2) is 0 Å². The number of hydrogen-bond acceptors (Lipinski definition) is 3. The monoisotopic (exact) mass is 343 g/mol. The second-order valence-electron chi connectivity index (χ2n) is 5.19. The van der Waals surface area contributed by atoms with Gasteiger partial charge in [0.1, 0.15) is 0 Å². The van der Waals surface area contributed by atoms with Crippen LogP contribution in [0.2, 0.25) is 0 Å². The van der Waals surface area contributed by atoms with E-state index in [0.717, 1.165) is 10.0 Å². The summed E-state index contributed by atoms with van der Waals surface area (Å²) in [6, 6.07) is 7.59. The number of halogens is 1. The summed E-state index contributed by atoms with van der Waals surface area (Å²) in [5.74, 6) is 0.337. The van der Waals surface area contributed by atoms with Crippen LogP contribution in [0.1, 0.15) is 19.4 Å². The lowest BCUT2D eigenvalue weighted by molar-refractivity contribution is -0.121. The summed E-state index contributed by atoms with van der Waals surface area (Å²) in [4.78, 5) is 11.7. The predicted molar refractivity (Wildman–Crippen MR) is 82.5 cm³/mol. The van der Waals surface area contributed by atoms with E-state index in [4.69, 9.17) is 4.74 Å². The average Bonchev–Trinajstić information content (AvgIpc) is 2.39. The smallest absolute Gasteiger partial charge is 0.224 e. The molecule has 5 heteroatoms. The van der Waals surface area contributed by atoms with Crippen LogP contribution in [-0.4, -0.2) is 36.9 Å². The van der Waals surface area contributed by atoms with Crippen LogP contribution >= 0.6 is 15.9 Å². The standard InChI is InChI=1S/C15H22BrNO3/c1-11(2)9-20-10-14(18)8-17-15(19)7-12-3-5-13(16)6-4-12/h3-6,11,14,18H,7-10H2,1-2H3,(H,17,19). The number of aliphatic hydroxyl groups is 1. The second-order valence-corrected chi connectivity index (χ2v) is 6.11. The number of amides is 1. The lowest BCUT2D eigenvalue weighted by Crippen LogP contribution is -2.35. The van der Waals surface area contributed by atoms with E-state index >= 15 is 0 Å². The Morgan fingerprint density at radius 3 is 2.55 bits per heavy atom. The van der Waals surface area contributed by atoms with Gasteiger partial charge >= 0.3 is 0 Å². The number of ether oxygens (including phenoxy) is 1. The maximum atomic E-state index is 11.7. The molecule has 0 heterocycles. The number of hydrogen-bond donors (Lipinski definition) is 2. The van der Waals surface area contributed by atoms with Gasteiger partial charge in [-0.2, -0.15) is 0 Å². The molecule has 4 nitrogen and oxygen atoms in total. The minimum atomic E-state index is -0.664. The summed E-state index contributed by atoms with van der Waals surface area (Å²) in [6.45, 7) is 5.17. The molecule has 1 unspecified atom stereocenters. The lowest BCUT2D eigenvalue weighted by atomic mass is 10.1. The molecule has 1 rings (SSSR count). The van der Waals surface area contributed by atoms with Crippen LogP contribution in [-0.2, 0) is 16.0 Å². The zero-order chi connectivity index (χ0) is 15.0. The predicted octanol–water partition coefficient (Wildman–Crippen LogP) is 2.14. The van der Waals surface area contributed by atoms with E-state index < -0.39 is 6.10 Å². The Morgan fingerprint density at radius 1 is 1.30 bits per heavy atom. The Balaban J connectivity index is 2.20. The fraction of sp³-hybridized carbons (Fsp3) is 0.533. The molecule has 0 spiro atoms. The number of rotatable bonds is 8. The van der Waals surface area contributed by atoms with Crippen molar-refractivity contribution in [3.05, 3.63) is 34.3 Å². The minimum Gasteiger partial charge on any atom is -0.389 e. The fourth-order valence-electron chi connectivity index (χ4n) is 1.58. The third-order valence-electron chi connectivity index (χ3n) is 2.57. The number of carbonyl (C=O) groups excluding carboxylic acids is 1. The first-order chi connectivity index (χ1) is 9.47. The summed E-state index contributed by atoms with van der Waals surface area (Å²) in [7, 11) is 0. The summed E-state index contributed by atoms with van der Waals surface area (Å²) in [5.41, 5.74) is 0.941. The minimum absolute atomic E-state index is 0.102. The van der Waals surface area contributed by atoms with Gasteiger partial charge in [-0.15, -0.1) is 0 Å². The molecule has 112 valence electrons. The van der Waals surface area contributed by atoms with Crippen molar-refractivity contribution in [2.24, 2.45) is 5.92 Å². The normalized spacial score (nSPS) is 12.4. The van der Waals surface area contributed by atoms with Crippen molar-refractivity contribution in [2.45, 2.75) is 26.4 Å². The van der Waals surface area contributed by atoms with Gasteiger partial charge in [-0.3, -0.25) is 4.79 Å². The van der Waals surface area contributed by atoms with Crippen molar-refractivity contribution < 1.29 is 14.6 Å².